The molecule has 2 saturated heterocycles. The quantitative estimate of drug-likeness (QED) is 0.507. The molecule has 0 amide bonds. The lowest BCUT2D eigenvalue weighted by molar-refractivity contribution is -0.193. The number of nitrogens with zero attached hydrogens (tertiary/aromatic N) is 2. The van der Waals surface area contributed by atoms with Gasteiger partial charge in [0.1, 0.15) is 0 Å². The number of carboxylic acids is 2. The Balaban J connectivity index is 0.000000317. The van der Waals surface area contributed by atoms with Gasteiger partial charge >= 0.3 is 24.3 Å². The molecule has 16 heteroatoms. The molecular weight excluding hydrogens is 546 g/mol. The Hall–Kier alpha value is -2.82. The summed E-state index contributed by atoms with van der Waals surface area (Å²) in [4.78, 5) is 22.8. The number of benzene rings is 1. The molecule has 222 valence electrons. The average Bonchev–Trinajstić information content (AvgIpc) is 3.41. The van der Waals surface area contributed by atoms with E-state index < -0.39 is 24.3 Å². The first-order valence-electron chi connectivity index (χ1n) is 11.7. The molecule has 0 saturated carbocycles. The summed E-state index contributed by atoms with van der Waals surface area (Å²) in [6.45, 7) is 9.07. The zero-order chi connectivity index (χ0) is 29.3. The largest absolute Gasteiger partial charge is 0.490 e. The fourth-order valence-corrected chi connectivity index (χ4v) is 4.20. The van der Waals surface area contributed by atoms with Gasteiger partial charge in [-0.05, 0) is 30.7 Å². The normalized spacial score (nSPS) is 21.4. The topological polar surface area (TPSA) is 118 Å². The number of hydrogen-bond donors (Lipinski definition) is 2. The van der Waals surface area contributed by atoms with E-state index in [1.165, 1.54) is 12.0 Å². The summed E-state index contributed by atoms with van der Waals surface area (Å²) < 4.78 is 85.6. The van der Waals surface area contributed by atoms with E-state index in [9.17, 15) is 26.3 Å². The summed E-state index contributed by atoms with van der Waals surface area (Å²) in [6.07, 6.45) is -8.96. The Morgan fingerprint density at radius 3 is 2.15 bits per heavy atom. The molecule has 0 aliphatic carbocycles. The van der Waals surface area contributed by atoms with E-state index >= 15 is 0 Å². The number of rotatable bonds is 5. The van der Waals surface area contributed by atoms with Crippen LogP contribution < -0.4 is 9.47 Å². The minimum absolute atomic E-state index is 0.251. The Labute approximate surface area is 220 Å². The highest BCUT2D eigenvalue weighted by Gasteiger charge is 2.41. The number of halogens is 6. The molecule has 1 spiro atoms. The van der Waals surface area contributed by atoms with Crippen LogP contribution in [0.15, 0.2) is 18.2 Å². The Kier molecular flexibility index (Phi) is 11.6. The molecule has 39 heavy (non-hydrogen) atoms. The van der Waals surface area contributed by atoms with Crippen LogP contribution in [0.3, 0.4) is 0 Å². The van der Waals surface area contributed by atoms with Crippen LogP contribution in [-0.4, -0.2) is 111 Å². The summed E-state index contributed by atoms with van der Waals surface area (Å²) in [7, 11) is 1.77. The highest BCUT2D eigenvalue weighted by atomic mass is 19.4. The SMILES string of the molecule is COCCN1CCC2(COCCN(Cc3ccc4c(c3)OCO4)C2)C1.O=C(O)C(F)(F)F.O=C(O)C(F)(F)F. The third kappa shape index (κ3) is 10.7. The second-order valence-corrected chi connectivity index (χ2v) is 9.08. The van der Waals surface area contributed by atoms with E-state index in [-0.39, 0.29) is 5.41 Å². The van der Waals surface area contributed by atoms with Crippen molar-refractivity contribution in [2.45, 2.75) is 25.3 Å². The monoisotopic (exact) mass is 576 g/mol. The predicted molar refractivity (Wildman–Crippen MR) is 121 cm³/mol. The summed E-state index contributed by atoms with van der Waals surface area (Å²) >= 11 is 0. The van der Waals surface area contributed by atoms with Crippen LogP contribution in [0.25, 0.3) is 0 Å². The fraction of sp³-hybridized carbons (Fsp3) is 0.652. The molecule has 4 rings (SSSR count). The number of aliphatic carboxylic acids is 2. The molecule has 0 aromatic heterocycles. The van der Waals surface area contributed by atoms with Crippen molar-refractivity contribution in [3.05, 3.63) is 23.8 Å². The smallest absolute Gasteiger partial charge is 0.475 e. The molecule has 3 aliphatic rings. The predicted octanol–water partition coefficient (Wildman–Crippen LogP) is 2.85. The number of hydrogen-bond acceptors (Lipinski definition) is 8. The molecule has 10 nitrogen and oxygen atoms in total. The van der Waals surface area contributed by atoms with Gasteiger partial charge in [0.25, 0.3) is 0 Å². The second kappa shape index (κ2) is 14.0. The van der Waals surface area contributed by atoms with Crippen molar-refractivity contribution in [1.82, 2.24) is 9.80 Å². The Morgan fingerprint density at radius 2 is 1.56 bits per heavy atom. The van der Waals surface area contributed by atoms with Gasteiger partial charge in [0, 0.05) is 45.2 Å². The molecule has 0 radical (unpaired) electrons. The van der Waals surface area contributed by atoms with E-state index in [1.54, 1.807) is 7.11 Å². The third-order valence-electron chi connectivity index (χ3n) is 5.98. The zero-order valence-corrected chi connectivity index (χ0v) is 21.0. The number of likely N-dealkylation sites (tertiary alicyclic amines) is 1. The maximum absolute atomic E-state index is 10.6. The van der Waals surface area contributed by atoms with Crippen molar-refractivity contribution in [1.29, 1.82) is 0 Å². The number of ether oxygens (including phenoxy) is 4. The van der Waals surface area contributed by atoms with Gasteiger partial charge in [-0.25, -0.2) is 9.59 Å². The summed E-state index contributed by atoms with van der Waals surface area (Å²) in [5.74, 6) is -3.80. The van der Waals surface area contributed by atoms with Crippen molar-refractivity contribution in [2.24, 2.45) is 5.41 Å². The van der Waals surface area contributed by atoms with Crippen LogP contribution >= 0.6 is 0 Å². The molecule has 3 heterocycles. The number of alkyl halides is 6. The van der Waals surface area contributed by atoms with Crippen LogP contribution in [-0.2, 0) is 25.6 Å². The van der Waals surface area contributed by atoms with Crippen molar-refractivity contribution >= 4 is 11.9 Å². The van der Waals surface area contributed by atoms with Gasteiger partial charge in [-0.1, -0.05) is 6.07 Å². The average molecular weight is 576 g/mol. The molecule has 1 atom stereocenters. The van der Waals surface area contributed by atoms with Crippen molar-refractivity contribution < 1.29 is 65.1 Å². The summed E-state index contributed by atoms with van der Waals surface area (Å²) in [5, 5.41) is 14.2. The first-order valence-corrected chi connectivity index (χ1v) is 11.7. The molecular formula is C23H30F6N2O8. The molecule has 1 aromatic rings. The molecule has 3 aliphatic heterocycles. The van der Waals surface area contributed by atoms with Gasteiger partial charge in [-0.3, -0.25) is 4.90 Å². The van der Waals surface area contributed by atoms with Crippen LogP contribution in [0.5, 0.6) is 11.5 Å². The molecule has 1 aromatic carbocycles. The standard InChI is InChI=1S/C19H28N2O4.2C2HF3O2/c1-22-8-6-20-5-4-19(12-20)13-21(7-9-23-14-19)11-16-2-3-17-18(10-16)25-15-24-17;2*3-2(4,5)1(6)7/h2-3,10H,4-9,11-15H2,1H3;2*(H,6,7). The highest BCUT2D eigenvalue weighted by molar-refractivity contribution is 5.73. The number of fused-ring (bicyclic) bond motifs is 1. The highest BCUT2D eigenvalue weighted by Crippen LogP contribution is 2.35. The van der Waals surface area contributed by atoms with Gasteiger partial charge in [0.15, 0.2) is 11.5 Å². The minimum Gasteiger partial charge on any atom is -0.475 e. The first kappa shape index (κ1) is 32.4. The lowest BCUT2D eigenvalue weighted by Gasteiger charge is -2.32. The molecule has 2 fully saturated rings. The van der Waals surface area contributed by atoms with E-state index in [1.807, 2.05) is 6.07 Å². The lowest BCUT2D eigenvalue weighted by atomic mass is 9.87. The van der Waals surface area contributed by atoms with E-state index in [2.05, 4.69) is 21.9 Å². The Morgan fingerprint density at radius 1 is 0.974 bits per heavy atom. The van der Waals surface area contributed by atoms with E-state index in [4.69, 9.17) is 38.7 Å². The van der Waals surface area contributed by atoms with Crippen LogP contribution in [0.1, 0.15) is 12.0 Å². The van der Waals surface area contributed by atoms with Gasteiger partial charge in [0.05, 0.1) is 19.8 Å². The van der Waals surface area contributed by atoms with Gasteiger partial charge < -0.3 is 34.1 Å². The minimum atomic E-state index is -5.08. The van der Waals surface area contributed by atoms with Gasteiger partial charge in [0.2, 0.25) is 6.79 Å². The van der Waals surface area contributed by atoms with Crippen LogP contribution in [0, 0.1) is 5.41 Å². The third-order valence-corrected chi connectivity index (χ3v) is 5.98. The number of carbonyl (C=O) groups is 2. The number of methoxy groups -OCH3 is 1. The fourth-order valence-electron chi connectivity index (χ4n) is 4.20. The van der Waals surface area contributed by atoms with Crippen LogP contribution in [0.2, 0.25) is 0 Å². The summed E-state index contributed by atoms with van der Waals surface area (Å²) in [6, 6.07) is 6.27. The van der Waals surface area contributed by atoms with E-state index in [0.29, 0.717) is 6.79 Å². The van der Waals surface area contributed by atoms with Crippen molar-refractivity contribution in [2.75, 3.05) is 66.4 Å². The maximum Gasteiger partial charge on any atom is 0.490 e. The number of carboxylic acid groups (broad SMARTS) is 2. The van der Waals surface area contributed by atoms with Crippen molar-refractivity contribution in [3.63, 3.8) is 0 Å². The molecule has 0 bridgehead atoms. The lowest BCUT2D eigenvalue weighted by Crippen LogP contribution is -2.40. The zero-order valence-electron chi connectivity index (χ0n) is 21.0. The second-order valence-electron chi connectivity index (χ2n) is 9.08. The molecule has 2 N–H and O–H groups in total. The molecule has 1 unspecified atom stereocenters. The summed E-state index contributed by atoms with van der Waals surface area (Å²) in [5.41, 5.74) is 1.52. The van der Waals surface area contributed by atoms with E-state index in [0.717, 1.165) is 70.6 Å². The Bertz CT molecular complexity index is 938. The maximum atomic E-state index is 10.6. The van der Waals surface area contributed by atoms with Crippen molar-refractivity contribution in [3.8, 4) is 11.5 Å². The van der Waals surface area contributed by atoms with Gasteiger partial charge in [-0.15, -0.1) is 0 Å². The van der Waals surface area contributed by atoms with Crippen LogP contribution in [0.4, 0.5) is 26.3 Å². The van der Waals surface area contributed by atoms with Gasteiger partial charge in [-0.2, -0.15) is 26.3 Å². The first-order chi connectivity index (χ1) is 18.1.